The molecule has 1 heterocycles. The summed E-state index contributed by atoms with van der Waals surface area (Å²) in [7, 11) is 0. The number of aryl methyl sites for hydroxylation is 1. The van der Waals surface area contributed by atoms with E-state index in [9.17, 15) is 4.79 Å². The Kier molecular flexibility index (Phi) is 17.3. The SMILES string of the molecule is N#CCCCCCCCCCCCCCCCCCCCCc1ccc(C=O)[nH]1. The van der Waals surface area contributed by atoms with E-state index in [1.54, 1.807) is 0 Å². The van der Waals surface area contributed by atoms with E-state index in [1.807, 2.05) is 12.1 Å². The summed E-state index contributed by atoms with van der Waals surface area (Å²) in [6, 6.07) is 6.12. The molecule has 0 bridgehead atoms. The molecule has 0 amide bonds. The summed E-state index contributed by atoms with van der Waals surface area (Å²) in [5.41, 5.74) is 1.89. The van der Waals surface area contributed by atoms with Crippen LogP contribution < -0.4 is 0 Å². The summed E-state index contributed by atoms with van der Waals surface area (Å²) < 4.78 is 0. The normalized spacial score (nSPS) is 10.9. The summed E-state index contributed by atoms with van der Waals surface area (Å²) in [6.07, 6.45) is 27.0. The van der Waals surface area contributed by atoms with Crippen LogP contribution in [0.1, 0.15) is 138 Å². The van der Waals surface area contributed by atoms with Crippen LogP contribution in [0.3, 0.4) is 0 Å². The number of H-pyrrole nitrogens is 1. The molecule has 0 saturated heterocycles. The van der Waals surface area contributed by atoms with Gasteiger partial charge >= 0.3 is 0 Å². The van der Waals surface area contributed by atoms with Gasteiger partial charge < -0.3 is 4.98 Å². The lowest BCUT2D eigenvalue weighted by atomic mass is 10.0. The van der Waals surface area contributed by atoms with Crippen LogP contribution in [-0.2, 0) is 6.42 Å². The molecule has 1 aromatic heterocycles. The molecule has 0 aliphatic carbocycles. The van der Waals surface area contributed by atoms with Crippen molar-refractivity contribution in [2.24, 2.45) is 0 Å². The Morgan fingerprint density at radius 1 is 0.655 bits per heavy atom. The van der Waals surface area contributed by atoms with Crippen molar-refractivity contribution in [3.8, 4) is 6.07 Å². The zero-order valence-electron chi connectivity index (χ0n) is 18.7. The highest BCUT2D eigenvalue weighted by Crippen LogP contribution is 2.15. The molecule has 0 saturated carbocycles. The molecule has 0 atom stereocenters. The first-order valence-corrected chi connectivity index (χ1v) is 12.4. The molecule has 1 N–H and O–H groups in total. The molecular formula is C26H44N2O. The van der Waals surface area contributed by atoms with Crippen LogP contribution in [0, 0.1) is 11.3 Å². The number of nitrogens with zero attached hydrogens (tertiary/aromatic N) is 1. The molecule has 1 rings (SSSR count). The molecule has 0 radical (unpaired) electrons. The molecule has 0 aromatic carbocycles. The molecule has 3 heteroatoms. The van der Waals surface area contributed by atoms with Crippen LogP contribution in [0.25, 0.3) is 0 Å². The van der Waals surface area contributed by atoms with Gasteiger partial charge in [0.1, 0.15) is 0 Å². The second-order valence-electron chi connectivity index (χ2n) is 8.58. The fraction of sp³-hybridized carbons (Fsp3) is 0.769. The van der Waals surface area contributed by atoms with E-state index in [1.165, 1.54) is 115 Å². The van der Waals surface area contributed by atoms with Crippen LogP contribution >= 0.6 is 0 Å². The third-order valence-corrected chi connectivity index (χ3v) is 5.88. The molecule has 0 unspecified atom stereocenters. The van der Waals surface area contributed by atoms with E-state index in [2.05, 4.69) is 11.1 Å². The summed E-state index contributed by atoms with van der Waals surface area (Å²) in [5, 5.41) is 8.49. The van der Waals surface area contributed by atoms with Gasteiger partial charge in [-0.25, -0.2) is 0 Å². The van der Waals surface area contributed by atoms with Crippen LogP contribution in [0.4, 0.5) is 0 Å². The van der Waals surface area contributed by atoms with Gasteiger partial charge in [-0.3, -0.25) is 4.79 Å². The van der Waals surface area contributed by atoms with Gasteiger partial charge in [0.15, 0.2) is 6.29 Å². The highest BCUT2D eigenvalue weighted by atomic mass is 16.1. The molecule has 29 heavy (non-hydrogen) atoms. The lowest BCUT2D eigenvalue weighted by Gasteiger charge is -2.04. The number of aromatic nitrogens is 1. The van der Waals surface area contributed by atoms with E-state index in [0.29, 0.717) is 5.69 Å². The number of rotatable bonds is 21. The monoisotopic (exact) mass is 400 g/mol. The molecule has 164 valence electrons. The Morgan fingerprint density at radius 2 is 1.07 bits per heavy atom. The van der Waals surface area contributed by atoms with Gasteiger partial charge in [0, 0.05) is 12.1 Å². The van der Waals surface area contributed by atoms with Crippen molar-refractivity contribution in [3.63, 3.8) is 0 Å². The molecule has 0 aliphatic heterocycles. The summed E-state index contributed by atoms with van der Waals surface area (Å²) in [6.45, 7) is 0. The number of aromatic amines is 1. The zero-order valence-corrected chi connectivity index (χ0v) is 18.7. The third-order valence-electron chi connectivity index (χ3n) is 5.88. The summed E-state index contributed by atoms with van der Waals surface area (Å²) >= 11 is 0. The number of unbranched alkanes of at least 4 members (excludes halogenated alkanes) is 18. The lowest BCUT2D eigenvalue weighted by molar-refractivity contribution is 0.111. The van der Waals surface area contributed by atoms with Crippen LogP contribution in [0.5, 0.6) is 0 Å². The number of hydrogen-bond donors (Lipinski definition) is 1. The Labute approximate surface area is 179 Å². The van der Waals surface area contributed by atoms with Gasteiger partial charge in [-0.2, -0.15) is 5.26 Å². The van der Waals surface area contributed by atoms with Crippen molar-refractivity contribution in [1.82, 2.24) is 4.98 Å². The highest BCUT2D eigenvalue weighted by molar-refractivity contribution is 5.71. The predicted molar refractivity (Wildman–Crippen MR) is 123 cm³/mol. The topological polar surface area (TPSA) is 56.6 Å². The number of aldehydes is 1. The molecule has 0 spiro atoms. The minimum Gasteiger partial charge on any atom is -0.356 e. The third kappa shape index (κ3) is 16.0. The first-order valence-electron chi connectivity index (χ1n) is 12.4. The van der Waals surface area contributed by atoms with Gasteiger partial charge in [-0.1, -0.05) is 103 Å². The van der Waals surface area contributed by atoms with Crippen molar-refractivity contribution < 1.29 is 4.79 Å². The minimum absolute atomic E-state index is 0.694. The van der Waals surface area contributed by atoms with Crippen LogP contribution in [-0.4, -0.2) is 11.3 Å². The molecule has 0 fully saturated rings. The van der Waals surface area contributed by atoms with E-state index in [0.717, 1.165) is 25.5 Å². The Hall–Kier alpha value is -1.56. The maximum absolute atomic E-state index is 10.6. The van der Waals surface area contributed by atoms with E-state index in [4.69, 9.17) is 5.26 Å². The highest BCUT2D eigenvalue weighted by Gasteiger charge is 1.98. The van der Waals surface area contributed by atoms with Crippen LogP contribution in [0.2, 0.25) is 0 Å². The molecule has 3 nitrogen and oxygen atoms in total. The summed E-state index contributed by atoms with van der Waals surface area (Å²) in [5.74, 6) is 0. The second kappa shape index (κ2) is 19.7. The van der Waals surface area contributed by atoms with Crippen molar-refractivity contribution >= 4 is 6.29 Å². The average Bonchev–Trinajstić information content (AvgIpc) is 3.20. The largest absolute Gasteiger partial charge is 0.356 e. The predicted octanol–water partition coefficient (Wildman–Crippen LogP) is 8.31. The Bertz CT molecular complexity index is 529. The van der Waals surface area contributed by atoms with E-state index >= 15 is 0 Å². The molecule has 0 aliphatic rings. The fourth-order valence-corrected chi connectivity index (χ4v) is 4.02. The van der Waals surface area contributed by atoms with Gasteiger partial charge in [0.05, 0.1) is 11.8 Å². The Morgan fingerprint density at radius 3 is 1.45 bits per heavy atom. The standard InChI is InChI=1S/C26H44N2O/c27-23-19-17-15-13-11-9-7-5-3-1-2-4-6-8-10-12-14-16-18-20-25-21-22-26(24-29)28-25/h21-22,24,28H,1-20H2. The number of nitrogens with one attached hydrogen (secondary N) is 1. The van der Waals surface area contributed by atoms with Crippen molar-refractivity contribution in [2.45, 2.75) is 128 Å². The Balaban J connectivity index is 1.70. The smallest absolute Gasteiger partial charge is 0.166 e. The van der Waals surface area contributed by atoms with Crippen molar-refractivity contribution in [3.05, 3.63) is 23.5 Å². The van der Waals surface area contributed by atoms with Crippen molar-refractivity contribution in [2.75, 3.05) is 0 Å². The van der Waals surface area contributed by atoms with Gasteiger partial charge in [0.2, 0.25) is 0 Å². The number of hydrogen-bond acceptors (Lipinski definition) is 2. The number of carbonyl (C=O) groups is 1. The van der Waals surface area contributed by atoms with Gasteiger partial charge in [-0.05, 0) is 31.4 Å². The van der Waals surface area contributed by atoms with Crippen LogP contribution in [0.15, 0.2) is 12.1 Å². The fourth-order valence-electron chi connectivity index (χ4n) is 4.02. The number of nitriles is 1. The zero-order chi connectivity index (χ0) is 20.8. The maximum Gasteiger partial charge on any atom is 0.166 e. The quantitative estimate of drug-likeness (QED) is 0.167. The maximum atomic E-state index is 10.6. The van der Waals surface area contributed by atoms with Crippen molar-refractivity contribution in [1.29, 1.82) is 5.26 Å². The lowest BCUT2D eigenvalue weighted by Crippen LogP contribution is -1.88. The van der Waals surface area contributed by atoms with Gasteiger partial charge in [-0.15, -0.1) is 0 Å². The van der Waals surface area contributed by atoms with Gasteiger partial charge in [0.25, 0.3) is 0 Å². The number of carbonyl (C=O) groups excluding carboxylic acids is 1. The first-order chi connectivity index (χ1) is 14.4. The van der Waals surface area contributed by atoms with E-state index < -0.39 is 0 Å². The van der Waals surface area contributed by atoms with E-state index in [-0.39, 0.29) is 0 Å². The molecular weight excluding hydrogens is 356 g/mol. The first kappa shape index (κ1) is 25.5. The minimum atomic E-state index is 0.694. The second-order valence-corrected chi connectivity index (χ2v) is 8.58. The summed E-state index contributed by atoms with van der Waals surface area (Å²) in [4.78, 5) is 13.8. The average molecular weight is 401 g/mol. The molecule has 1 aromatic rings.